The van der Waals surface area contributed by atoms with Crippen molar-refractivity contribution in [1.82, 2.24) is 0 Å². The molecule has 0 spiro atoms. The summed E-state index contributed by atoms with van der Waals surface area (Å²) in [6, 6.07) is 14.1. The Morgan fingerprint density at radius 1 is 1.00 bits per heavy atom. The van der Waals surface area contributed by atoms with Crippen LogP contribution in [-0.2, 0) is 11.0 Å². The quantitative estimate of drug-likeness (QED) is 0.303. The minimum atomic E-state index is -4.94. The molecule has 0 aliphatic rings. The van der Waals surface area contributed by atoms with Gasteiger partial charge in [0.2, 0.25) is 11.2 Å². The fraction of sp³-hybridized carbons (Fsp3) is 0.120. The smallest absolute Gasteiger partial charge is 0.450 e. The summed E-state index contributed by atoms with van der Waals surface area (Å²) in [5, 5.41) is 3.42. The topological polar surface area (TPSA) is 68.5 Å². The van der Waals surface area contributed by atoms with E-state index in [1.54, 1.807) is 25.1 Å². The largest absolute Gasteiger partial charge is 0.484 e. The fourth-order valence-electron chi connectivity index (χ4n) is 3.44. The highest BCUT2D eigenvalue weighted by molar-refractivity contribution is 6.31. The maximum atomic E-state index is 13.8. The van der Waals surface area contributed by atoms with Crippen LogP contribution in [0.15, 0.2) is 69.9 Å². The number of ether oxygens (including phenoxy) is 1. The summed E-state index contributed by atoms with van der Waals surface area (Å²) in [6.07, 6.45) is -4.94. The number of halogens is 5. The molecular weight excluding hydrogens is 506 g/mol. The Kier molecular flexibility index (Phi) is 6.78. The lowest BCUT2D eigenvalue weighted by atomic mass is 10.0. The van der Waals surface area contributed by atoms with Crippen molar-refractivity contribution in [3.05, 3.63) is 92.3 Å². The van der Waals surface area contributed by atoms with Crippen molar-refractivity contribution in [2.45, 2.75) is 13.1 Å². The molecule has 35 heavy (non-hydrogen) atoms. The van der Waals surface area contributed by atoms with Crippen LogP contribution in [0.1, 0.15) is 11.3 Å². The van der Waals surface area contributed by atoms with E-state index >= 15 is 0 Å². The van der Waals surface area contributed by atoms with Gasteiger partial charge >= 0.3 is 6.18 Å². The summed E-state index contributed by atoms with van der Waals surface area (Å²) in [5.41, 5.74) is -0.499. The van der Waals surface area contributed by atoms with E-state index in [2.05, 4.69) is 5.32 Å². The molecule has 5 nitrogen and oxygen atoms in total. The van der Waals surface area contributed by atoms with Crippen LogP contribution in [0.5, 0.6) is 5.75 Å². The van der Waals surface area contributed by atoms with Gasteiger partial charge < -0.3 is 14.5 Å². The molecule has 1 heterocycles. The molecule has 0 unspecified atom stereocenters. The molecule has 0 saturated carbocycles. The van der Waals surface area contributed by atoms with Crippen LogP contribution in [0.3, 0.4) is 0 Å². The number of alkyl halides is 3. The van der Waals surface area contributed by atoms with Crippen LogP contribution < -0.4 is 15.5 Å². The molecule has 0 saturated heterocycles. The standard InChI is InChI=1S/C25H16Cl2F3NO4/c1-13-10-16(27)6-9-19(13)31-21(32)12-34-17-7-8-18-20(11-17)35-24(25(28,29)30)22(23(18)33)14-2-4-15(26)5-3-14/h2-11H,12H2,1H3,(H,31,32). The van der Waals surface area contributed by atoms with Gasteiger partial charge in [0.25, 0.3) is 5.91 Å². The van der Waals surface area contributed by atoms with Gasteiger partial charge in [0, 0.05) is 21.8 Å². The van der Waals surface area contributed by atoms with Gasteiger partial charge in [-0.3, -0.25) is 9.59 Å². The summed E-state index contributed by atoms with van der Waals surface area (Å²) in [7, 11) is 0. The molecule has 1 aromatic heterocycles. The van der Waals surface area contributed by atoms with Gasteiger partial charge in [0.1, 0.15) is 11.3 Å². The highest BCUT2D eigenvalue weighted by Crippen LogP contribution is 2.38. The van der Waals surface area contributed by atoms with Crippen LogP contribution in [0.2, 0.25) is 10.0 Å². The van der Waals surface area contributed by atoms with Crippen molar-refractivity contribution in [3.8, 4) is 16.9 Å². The highest BCUT2D eigenvalue weighted by atomic mass is 35.5. The Morgan fingerprint density at radius 2 is 1.69 bits per heavy atom. The Balaban J connectivity index is 1.63. The van der Waals surface area contributed by atoms with Gasteiger partial charge in [-0.1, -0.05) is 35.3 Å². The summed E-state index contributed by atoms with van der Waals surface area (Å²) < 4.78 is 51.9. The van der Waals surface area contributed by atoms with Crippen molar-refractivity contribution in [1.29, 1.82) is 0 Å². The number of fused-ring (bicyclic) bond motifs is 1. The number of hydrogen-bond acceptors (Lipinski definition) is 4. The molecule has 0 bridgehead atoms. The van der Waals surface area contributed by atoms with Crippen LogP contribution in [-0.4, -0.2) is 12.5 Å². The lowest BCUT2D eigenvalue weighted by Gasteiger charge is -2.14. The third-order valence-corrected chi connectivity index (χ3v) is 5.57. The molecule has 1 N–H and O–H groups in total. The van der Waals surface area contributed by atoms with E-state index in [0.29, 0.717) is 15.7 Å². The zero-order valence-corrected chi connectivity index (χ0v) is 19.5. The zero-order valence-electron chi connectivity index (χ0n) is 18.0. The minimum absolute atomic E-state index is 0.0202. The van der Waals surface area contributed by atoms with Gasteiger partial charge in [0.15, 0.2) is 6.61 Å². The maximum Gasteiger partial charge on any atom is 0.450 e. The van der Waals surface area contributed by atoms with Crippen molar-refractivity contribution in [2.24, 2.45) is 0 Å². The molecular formula is C25H16Cl2F3NO4. The molecule has 3 aromatic carbocycles. The van der Waals surface area contributed by atoms with Gasteiger partial charge in [0.05, 0.1) is 10.9 Å². The van der Waals surface area contributed by atoms with E-state index in [-0.39, 0.29) is 22.3 Å². The average molecular weight is 522 g/mol. The Labute approximate surface area is 207 Å². The normalized spacial score (nSPS) is 11.5. The monoisotopic (exact) mass is 521 g/mol. The number of rotatable bonds is 5. The molecule has 0 fully saturated rings. The Hall–Kier alpha value is -3.49. The van der Waals surface area contributed by atoms with Crippen LogP contribution in [0, 0.1) is 6.92 Å². The number of carbonyl (C=O) groups excluding carboxylic acids is 1. The van der Waals surface area contributed by atoms with Crippen molar-refractivity contribution in [2.75, 3.05) is 11.9 Å². The molecule has 0 radical (unpaired) electrons. The average Bonchev–Trinajstić information content (AvgIpc) is 2.79. The number of amides is 1. The number of hydrogen-bond donors (Lipinski definition) is 1. The lowest BCUT2D eigenvalue weighted by molar-refractivity contribution is -0.152. The van der Waals surface area contributed by atoms with E-state index in [4.69, 9.17) is 32.4 Å². The van der Waals surface area contributed by atoms with Gasteiger partial charge in [-0.2, -0.15) is 13.2 Å². The first-order chi connectivity index (χ1) is 16.5. The molecule has 4 rings (SSSR count). The first-order valence-electron chi connectivity index (χ1n) is 10.2. The number of benzene rings is 3. The van der Waals surface area contributed by atoms with E-state index in [1.165, 1.54) is 36.4 Å². The number of anilines is 1. The molecule has 1 amide bonds. The van der Waals surface area contributed by atoms with Crippen molar-refractivity contribution >= 4 is 45.8 Å². The molecule has 0 atom stereocenters. The highest BCUT2D eigenvalue weighted by Gasteiger charge is 2.39. The summed E-state index contributed by atoms with van der Waals surface area (Å²) in [5.74, 6) is -1.88. The predicted octanol–water partition coefficient (Wildman–Crippen LogP) is 7.11. The Morgan fingerprint density at radius 3 is 2.34 bits per heavy atom. The zero-order chi connectivity index (χ0) is 25.3. The first-order valence-corrected chi connectivity index (χ1v) is 10.9. The first kappa shape index (κ1) is 24.6. The molecule has 4 aromatic rings. The lowest BCUT2D eigenvalue weighted by Crippen LogP contribution is -2.20. The molecule has 180 valence electrons. The summed E-state index contributed by atoms with van der Waals surface area (Å²) >= 11 is 11.7. The van der Waals surface area contributed by atoms with E-state index in [1.807, 2.05) is 0 Å². The van der Waals surface area contributed by atoms with Crippen LogP contribution in [0.25, 0.3) is 22.1 Å². The van der Waals surface area contributed by atoms with Crippen LogP contribution in [0.4, 0.5) is 18.9 Å². The second kappa shape index (κ2) is 9.64. The Bertz CT molecular complexity index is 1480. The fourth-order valence-corrected chi connectivity index (χ4v) is 3.80. The summed E-state index contributed by atoms with van der Waals surface area (Å²) in [4.78, 5) is 25.3. The predicted molar refractivity (Wildman–Crippen MR) is 128 cm³/mol. The van der Waals surface area contributed by atoms with Crippen LogP contribution >= 0.6 is 23.2 Å². The number of carbonyl (C=O) groups is 1. The van der Waals surface area contributed by atoms with E-state index in [0.717, 1.165) is 11.6 Å². The van der Waals surface area contributed by atoms with Crippen molar-refractivity contribution in [3.63, 3.8) is 0 Å². The van der Waals surface area contributed by atoms with E-state index < -0.39 is 35.4 Å². The van der Waals surface area contributed by atoms with Gasteiger partial charge in [-0.05, 0) is 60.5 Å². The molecule has 0 aliphatic carbocycles. The second-order valence-electron chi connectivity index (χ2n) is 7.59. The van der Waals surface area contributed by atoms with Gasteiger partial charge in [-0.15, -0.1) is 0 Å². The van der Waals surface area contributed by atoms with Gasteiger partial charge in [-0.25, -0.2) is 0 Å². The minimum Gasteiger partial charge on any atom is -0.484 e. The third-order valence-electron chi connectivity index (χ3n) is 5.09. The SMILES string of the molecule is Cc1cc(Cl)ccc1NC(=O)COc1ccc2c(=O)c(-c3ccc(Cl)cc3)c(C(F)(F)F)oc2c1. The third kappa shape index (κ3) is 5.44. The molecule has 10 heteroatoms. The maximum absolute atomic E-state index is 13.8. The summed E-state index contributed by atoms with van der Waals surface area (Å²) in [6.45, 7) is 1.34. The van der Waals surface area contributed by atoms with Crippen molar-refractivity contribution < 1.29 is 27.1 Å². The number of aryl methyl sites for hydroxylation is 1. The van der Waals surface area contributed by atoms with E-state index in [9.17, 15) is 22.8 Å². The molecule has 0 aliphatic heterocycles. The number of nitrogens with one attached hydrogen (secondary N) is 1. The second-order valence-corrected chi connectivity index (χ2v) is 8.47.